The van der Waals surface area contributed by atoms with E-state index in [1.807, 2.05) is 0 Å². The van der Waals surface area contributed by atoms with Gasteiger partial charge in [0.15, 0.2) is 0 Å². The number of hydrogen-bond donors (Lipinski definition) is 1. The van der Waals surface area contributed by atoms with E-state index in [1.54, 1.807) is 25.1 Å². The van der Waals surface area contributed by atoms with Crippen LogP contribution in [-0.4, -0.2) is 5.11 Å². The molecule has 0 fully saturated rings. The zero-order chi connectivity index (χ0) is 9.42. The lowest BCUT2D eigenvalue weighted by Gasteiger charge is -1.97. The summed E-state index contributed by atoms with van der Waals surface area (Å²) in [5.74, 6) is 0.167. The Bertz CT molecular complexity index is 511. The summed E-state index contributed by atoms with van der Waals surface area (Å²) in [4.78, 5) is 11.1. The van der Waals surface area contributed by atoms with E-state index >= 15 is 0 Å². The highest BCUT2D eigenvalue weighted by Gasteiger charge is 2.00. The van der Waals surface area contributed by atoms with E-state index < -0.39 is 0 Å². The van der Waals surface area contributed by atoms with Crippen LogP contribution in [-0.2, 0) is 0 Å². The van der Waals surface area contributed by atoms with Crippen molar-refractivity contribution < 1.29 is 9.52 Å². The van der Waals surface area contributed by atoms with E-state index in [1.165, 1.54) is 6.07 Å². The number of rotatable bonds is 0. The Morgan fingerprint density at radius 3 is 2.85 bits per heavy atom. The van der Waals surface area contributed by atoms with Gasteiger partial charge in [-0.25, -0.2) is 4.79 Å². The predicted octanol–water partition coefficient (Wildman–Crippen LogP) is 1.81. The predicted molar refractivity (Wildman–Crippen MR) is 48.9 cm³/mol. The molecule has 3 nitrogen and oxygen atoms in total. The first-order valence-electron chi connectivity index (χ1n) is 3.90. The summed E-state index contributed by atoms with van der Waals surface area (Å²) < 4.78 is 4.98. The van der Waals surface area contributed by atoms with Crippen LogP contribution in [0.4, 0.5) is 0 Å². The van der Waals surface area contributed by atoms with Crippen molar-refractivity contribution >= 4 is 11.0 Å². The van der Waals surface area contributed by atoms with Crippen molar-refractivity contribution in [3.05, 3.63) is 40.2 Å². The minimum atomic E-state index is -0.335. The molecule has 66 valence electrons. The van der Waals surface area contributed by atoms with E-state index in [2.05, 4.69) is 0 Å². The van der Waals surface area contributed by atoms with Crippen molar-refractivity contribution in [2.75, 3.05) is 0 Å². The summed E-state index contributed by atoms with van der Waals surface area (Å²) in [6, 6.07) is 6.32. The molecule has 0 unspecified atom stereocenters. The summed E-state index contributed by atoms with van der Waals surface area (Å²) in [5, 5.41) is 9.90. The lowest BCUT2D eigenvalue weighted by molar-refractivity contribution is 0.475. The van der Waals surface area contributed by atoms with Gasteiger partial charge in [-0.05, 0) is 31.2 Å². The first-order valence-corrected chi connectivity index (χ1v) is 3.90. The van der Waals surface area contributed by atoms with Crippen molar-refractivity contribution in [2.24, 2.45) is 0 Å². The second-order valence-electron chi connectivity index (χ2n) is 2.94. The third-order valence-electron chi connectivity index (χ3n) is 1.89. The third kappa shape index (κ3) is 1.28. The zero-order valence-electron chi connectivity index (χ0n) is 7.07. The number of phenols is 1. The molecule has 0 aliphatic heterocycles. The van der Waals surface area contributed by atoms with E-state index in [0.29, 0.717) is 11.1 Å². The summed E-state index contributed by atoms with van der Waals surface area (Å²) in [5.41, 5.74) is 0.699. The van der Waals surface area contributed by atoms with Gasteiger partial charge in [-0.1, -0.05) is 0 Å². The number of phenolic OH excluding ortho intramolecular Hbond substituents is 1. The molecule has 1 aromatic heterocycles. The SMILES string of the molecule is Cc1cc2cc(O)ccc2oc1=O. The Hall–Kier alpha value is -1.77. The number of hydrogen-bond acceptors (Lipinski definition) is 3. The lowest BCUT2D eigenvalue weighted by Crippen LogP contribution is -2.01. The van der Waals surface area contributed by atoms with Crippen LogP contribution in [0.1, 0.15) is 5.56 Å². The second-order valence-corrected chi connectivity index (χ2v) is 2.94. The molecule has 0 spiro atoms. The molecule has 0 bridgehead atoms. The number of fused-ring (bicyclic) bond motifs is 1. The largest absolute Gasteiger partial charge is 0.508 e. The van der Waals surface area contributed by atoms with Gasteiger partial charge in [0, 0.05) is 10.9 Å². The maximum atomic E-state index is 11.1. The zero-order valence-corrected chi connectivity index (χ0v) is 7.07. The molecule has 0 amide bonds. The standard InChI is InChI=1S/C10H8O3/c1-6-4-7-5-8(11)2-3-9(7)13-10(6)12/h2-5,11H,1H3. The molecule has 1 N–H and O–H groups in total. The topological polar surface area (TPSA) is 50.4 Å². The highest BCUT2D eigenvalue weighted by atomic mass is 16.4. The highest BCUT2D eigenvalue weighted by Crippen LogP contribution is 2.18. The Kier molecular flexibility index (Phi) is 1.59. The van der Waals surface area contributed by atoms with Gasteiger partial charge in [0.1, 0.15) is 11.3 Å². The molecule has 1 aromatic carbocycles. The van der Waals surface area contributed by atoms with E-state index in [4.69, 9.17) is 4.42 Å². The molecule has 3 heteroatoms. The Balaban J connectivity index is 2.89. The van der Waals surface area contributed by atoms with Crippen molar-refractivity contribution in [3.63, 3.8) is 0 Å². The number of benzene rings is 1. The fraction of sp³-hybridized carbons (Fsp3) is 0.100. The van der Waals surface area contributed by atoms with Gasteiger partial charge in [0.2, 0.25) is 0 Å². The number of aryl methyl sites for hydroxylation is 1. The lowest BCUT2D eigenvalue weighted by atomic mass is 10.2. The van der Waals surface area contributed by atoms with Crippen LogP contribution in [0.15, 0.2) is 33.5 Å². The minimum absolute atomic E-state index is 0.167. The van der Waals surface area contributed by atoms with E-state index in [0.717, 1.165) is 5.39 Å². The molecule has 0 aliphatic rings. The van der Waals surface area contributed by atoms with Gasteiger partial charge in [-0.3, -0.25) is 0 Å². The van der Waals surface area contributed by atoms with Gasteiger partial charge in [-0.15, -0.1) is 0 Å². The Morgan fingerprint density at radius 2 is 2.08 bits per heavy atom. The molecule has 1 heterocycles. The van der Waals surface area contributed by atoms with Gasteiger partial charge in [0.25, 0.3) is 0 Å². The number of aromatic hydroxyl groups is 1. The van der Waals surface area contributed by atoms with E-state index in [-0.39, 0.29) is 11.4 Å². The van der Waals surface area contributed by atoms with Crippen LogP contribution in [0, 0.1) is 6.92 Å². The summed E-state index contributed by atoms with van der Waals surface area (Å²) in [7, 11) is 0. The van der Waals surface area contributed by atoms with Crippen molar-refractivity contribution in [1.82, 2.24) is 0 Å². The van der Waals surface area contributed by atoms with Crippen LogP contribution in [0.5, 0.6) is 5.75 Å². The van der Waals surface area contributed by atoms with E-state index in [9.17, 15) is 9.90 Å². The molecule has 0 aliphatic carbocycles. The van der Waals surface area contributed by atoms with Gasteiger partial charge in [-0.2, -0.15) is 0 Å². The fourth-order valence-corrected chi connectivity index (χ4v) is 1.21. The average molecular weight is 176 g/mol. The van der Waals surface area contributed by atoms with Crippen LogP contribution >= 0.6 is 0 Å². The summed E-state index contributed by atoms with van der Waals surface area (Å²) in [6.45, 7) is 1.68. The van der Waals surface area contributed by atoms with Crippen LogP contribution in [0.3, 0.4) is 0 Å². The van der Waals surface area contributed by atoms with Crippen molar-refractivity contribution in [3.8, 4) is 5.75 Å². The molecule has 13 heavy (non-hydrogen) atoms. The quantitative estimate of drug-likeness (QED) is 0.623. The second kappa shape index (κ2) is 2.62. The third-order valence-corrected chi connectivity index (χ3v) is 1.89. The maximum absolute atomic E-state index is 11.1. The van der Waals surface area contributed by atoms with Gasteiger partial charge < -0.3 is 9.52 Å². The average Bonchev–Trinajstić information content (AvgIpc) is 2.08. The maximum Gasteiger partial charge on any atom is 0.339 e. The van der Waals surface area contributed by atoms with Crippen LogP contribution < -0.4 is 5.63 Å². The monoisotopic (exact) mass is 176 g/mol. The molecule has 0 radical (unpaired) electrons. The van der Waals surface area contributed by atoms with Gasteiger partial charge >= 0.3 is 5.63 Å². The molecule has 0 saturated carbocycles. The molecular weight excluding hydrogens is 168 g/mol. The van der Waals surface area contributed by atoms with Gasteiger partial charge in [0.05, 0.1) is 0 Å². The normalized spacial score (nSPS) is 10.5. The molecular formula is C10H8O3. The molecule has 0 saturated heterocycles. The molecule has 2 aromatic rings. The van der Waals surface area contributed by atoms with Crippen molar-refractivity contribution in [2.45, 2.75) is 6.92 Å². The molecule has 2 rings (SSSR count). The fourth-order valence-electron chi connectivity index (χ4n) is 1.21. The summed E-state index contributed by atoms with van der Waals surface area (Å²) in [6.07, 6.45) is 0. The molecule has 0 atom stereocenters. The first kappa shape index (κ1) is 7.86. The van der Waals surface area contributed by atoms with Crippen LogP contribution in [0.2, 0.25) is 0 Å². The smallest absolute Gasteiger partial charge is 0.339 e. The van der Waals surface area contributed by atoms with Crippen molar-refractivity contribution in [1.29, 1.82) is 0 Å². The Morgan fingerprint density at radius 1 is 1.31 bits per heavy atom. The minimum Gasteiger partial charge on any atom is -0.508 e. The first-order chi connectivity index (χ1) is 6.16. The van der Waals surface area contributed by atoms with Crippen LogP contribution in [0.25, 0.3) is 11.0 Å². The summed E-state index contributed by atoms with van der Waals surface area (Å²) >= 11 is 0. The highest BCUT2D eigenvalue weighted by molar-refractivity contribution is 5.78. The Labute approximate surface area is 74.2 Å².